The van der Waals surface area contributed by atoms with E-state index in [1.54, 1.807) is 30.2 Å². The normalized spacial score (nSPS) is 14.6. The fourth-order valence-electron chi connectivity index (χ4n) is 3.17. The number of hydrogen-bond acceptors (Lipinski definition) is 2. The number of amides is 1. The van der Waals surface area contributed by atoms with Crippen molar-refractivity contribution in [1.29, 1.82) is 0 Å². The zero-order chi connectivity index (χ0) is 19.0. The number of para-hydroxylation sites is 2. The third-order valence-electron chi connectivity index (χ3n) is 4.46. The quantitative estimate of drug-likeness (QED) is 0.492. The van der Waals surface area contributed by atoms with Gasteiger partial charge in [0.15, 0.2) is 0 Å². The number of nitrogens with zero attached hydrogens (tertiary/aromatic N) is 1. The Morgan fingerprint density at radius 2 is 1.56 bits per heavy atom. The molecule has 0 spiro atoms. The summed E-state index contributed by atoms with van der Waals surface area (Å²) in [6, 6.07) is 20.4. The van der Waals surface area contributed by atoms with Gasteiger partial charge in [0, 0.05) is 5.56 Å². The highest BCUT2D eigenvalue weighted by Gasteiger charge is 2.35. The number of fused-ring (bicyclic) bond motifs is 1. The lowest BCUT2D eigenvalue weighted by Crippen LogP contribution is -2.21. The van der Waals surface area contributed by atoms with Crippen molar-refractivity contribution in [3.05, 3.63) is 87.9 Å². The monoisotopic (exact) mass is 395 g/mol. The molecule has 5 heteroatoms. The molecular weight excluding hydrogens is 381 g/mol. The van der Waals surface area contributed by atoms with Gasteiger partial charge in [0.25, 0.3) is 5.91 Å². The summed E-state index contributed by atoms with van der Waals surface area (Å²) in [5.41, 5.74) is 3.59. The molecule has 0 saturated heterocycles. The number of ether oxygens (including phenoxy) is 1. The lowest BCUT2D eigenvalue weighted by molar-refractivity contribution is -0.112. The average Bonchev–Trinajstić information content (AvgIpc) is 2.95. The van der Waals surface area contributed by atoms with Crippen LogP contribution >= 0.6 is 23.2 Å². The van der Waals surface area contributed by atoms with Crippen molar-refractivity contribution < 1.29 is 9.53 Å². The van der Waals surface area contributed by atoms with Crippen LogP contribution in [0.15, 0.2) is 66.7 Å². The molecule has 0 unspecified atom stereocenters. The smallest absolute Gasteiger partial charge is 0.263 e. The van der Waals surface area contributed by atoms with E-state index >= 15 is 0 Å². The third-order valence-corrected chi connectivity index (χ3v) is 5.07. The van der Waals surface area contributed by atoms with Gasteiger partial charge in [-0.25, -0.2) is 0 Å². The van der Waals surface area contributed by atoms with Gasteiger partial charge in [-0.1, -0.05) is 59.6 Å². The lowest BCUT2D eigenvalue weighted by Gasteiger charge is -2.20. The predicted octanol–water partition coefficient (Wildman–Crippen LogP) is 6.22. The number of carbonyl (C=O) groups excluding carboxylic acids is 1. The number of carbonyl (C=O) groups is 1. The van der Waals surface area contributed by atoms with Crippen molar-refractivity contribution in [3.63, 3.8) is 0 Å². The Kier molecular flexibility index (Phi) is 4.65. The second-order valence-corrected chi connectivity index (χ2v) is 6.87. The molecule has 3 nitrogen and oxygen atoms in total. The van der Waals surface area contributed by atoms with Crippen LogP contribution in [0.5, 0.6) is 5.75 Å². The van der Waals surface area contributed by atoms with Crippen LogP contribution in [0.25, 0.3) is 11.6 Å². The number of rotatable bonds is 3. The summed E-state index contributed by atoms with van der Waals surface area (Å²) in [5, 5.41) is 0.854. The SMILES string of the molecule is COc1ccc(/C=C2\C(=O)N(c3c(Cl)cccc3Cl)c3ccccc32)cc1. The van der Waals surface area contributed by atoms with Gasteiger partial charge in [-0.3, -0.25) is 9.69 Å². The van der Waals surface area contributed by atoms with Gasteiger partial charge < -0.3 is 4.74 Å². The summed E-state index contributed by atoms with van der Waals surface area (Å²) in [5.74, 6) is 0.599. The maximum atomic E-state index is 13.3. The van der Waals surface area contributed by atoms with Crippen molar-refractivity contribution in [3.8, 4) is 5.75 Å². The fraction of sp³-hybridized carbons (Fsp3) is 0.0455. The summed E-state index contributed by atoms with van der Waals surface area (Å²) in [6.07, 6.45) is 1.87. The van der Waals surface area contributed by atoms with Crippen LogP contribution in [-0.2, 0) is 4.79 Å². The van der Waals surface area contributed by atoms with Crippen molar-refractivity contribution in [2.24, 2.45) is 0 Å². The van der Waals surface area contributed by atoms with Gasteiger partial charge in [0.1, 0.15) is 5.75 Å². The maximum Gasteiger partial charge on any atom is 0.263 e. The first-order valence-corrected chi connectivity index (χ1v) is 9.09. The van der Waals surface area contributed by atoms with Crippen molar-refractivity contribution >= 4 is 52.1 Å². The van der Waals surface area contributed by atoms with E-state index < -0.39 is 0 Å². The molecule has 4 rings (SSSR count). The molecule has 0 fully saturated rings. The molecule has 0 saturated carbocycles. The molecule has 0 bridgehead atoms. The van der Waals surface area contributed by atoms with Gasteiger partial charge in [-0.05, 0) is 42.0 Å². The first-order chi connectivity index (χ1) is 13.1. The van der Waals surface area contributed by atoms with Crippen LogP contribution in [0, 0.1) is 0 Å². The largest absolute Gasteiger partial charge is 0.497 e. The Balaban J connectivity index is 1.86. The molecule has 0 aromatic heterocycles. The Bertz CT molecular complexity index is 1040. The minimum Gasteiger partial charge on any atom is -0.497 e. The summed E-state index contributed by atoms with van der Waals surface area (Å²) < 4.78 is 5.19. The van der Waals surface area contributed by atoms with Gasteiger partial charge in [-0.15, -0.1) is 0 Å². The minimum atomic E-state index is -0.165. The van der Waals surface area contributed by atoms with Crippen molar-refractivity contribution in [2.45, 2.75) is 0 Å². The first kappa shape index (κ1) is 17.7. The predicted molar refractivity (Wildman–Crippen MR) is 111 cm³/mol. The summed E-state index contributed by atoms with van der Waals surface area (Å²) in [6.45, 7) is 0. The molecule has 1 heterocycles. The Morgan fingerprint density at radius 1 is 0.889 bits per heavy atom. The molecule has 1 aliphatic rings. The van der Waals surface area contributed by atoms with E-state index in [1.165, 1.54) is 0 Å². The van der Waals surface area contributed by atoms with E-state index in [0.29, 0.717) is 21.3 Å². The highest BCUT2D eigenvalue weighted by molar-refractivity contribution is 6.44. The molecule has 0 N–H and O–H groups in total. The highest BCUT2D eigenvalue weighted by Crippen LogP contribution is 2.46. The molecule has 3 aromatic carbocycles. The molecule has 134 valence electrons. The molecule has 0 atom stereocenters. The van der Waals surface area contributed by atoms with E-state index in [0.717, 1.165) is 22.6 Å². The second kappa shape index (κ2) is 7.10. The Morgan fingerprint density at radius 3 is 2.22 bits per heavy atom. The second-order valence-electron chi connectivity index (χ2n) is 6.06. The number of anilines is 2. The molecule has 27 heavy (non-hydrogen) atoms. The van der Waals surface area contributed by atoms with E-state index in [1.807, 2.05) is 54.6 Å². The van der Waals surface area contributed by atoms with E-state index in [-0.39, 0.29) is 5.91 Å². The van der Waals surface area contributed by atoms with E-state index in [4.69, 9.17) is 27.9 Å². The summed E-state index contributed by atoms with van der Waals surface area (Å²) in [7, 11) is 1.62. The number of methoxy groups -OCH3 is 1. The van der Waals surface area contributed by atoms with Crippen LogP contribution < -0.4 is 9.64 Å². The van der Waals surface area contributed by atoms with Crippen LogP contribution in [0.1, 0.15) is 11.1 Å². The molecule has 0 aliphatic carbocycles. The number of benzene rings is 3. The minimum absolute atomic E-state index is 0.165. The molecular formula is C22H15Cl2NO2. The number of hydrogen-bond donors (Lipinski definition) is 0. The van der Waals surface area contributed by atoms with Gasteiger partial charge in [0.05, 0.1) is 34.1 Å². The zero-order valence-electron chi connectivity index (χ0n) is 14.4. The Hall–Kier alpha value is -2.75. The highest BCUT2D eigenvalue weighted by atomic mass is 35.5. The molecule has 1 aliphatic heterocycles. The lowest BCUT2D eigenvalue weighted by atomic mass is 10.0. The van der Waals surface area contributed by atoms with Crippen LogP contribution in [-0.4, -0.2) is 13.0 Å². The number of halogens is 2. The van der Waals surface area contributed by atoms with Crippen molar-refractivity contribution in [2.75, 3.05) is 12.0 Å². The van der Waals surface area contributed by atoms with Gasteiger partial charge in [0.2, 0.25) is 0 Å². The molecule has 3 aromatic rings. The topological polar surface area (TPSA) is 29.5 Å². The van der Waals surface area contributed by atoms with Crippen LogP contribution in [0.4, 0.5) is 11.4 Å². The van der Waals surface area contributed by atoms with E-state index in [2.05, 4.69) is 0 Å². The molecule has 0 radical (unpaired) electrons. The summed E-state index contributed by atoms with van der Waals surface area (Å²) in [4.78, 5) is 14.9. The third kappa shape index (κ3) is 3.09. The Labute approximate surface area is 167 Å². The zero-order valence-corrected chi connectivity index (χ0v) is 16.0. The van der Waals surface area contributed by atoms with E-state index in [9.17, 15) is 4.79 Å². The van der Waals surface area contributed by atoms with Crippen LogP contribution in [0.2, 0.25) is 10.0 Å². The van der Waals surface area contributed by atoms with Crippen molar-refractivity contribution in [1.82, 2.24) is 0 Å². The average molecular weight is 396 g/mol. The first-order valence-electron chi connectivity index (χ1n) is 8.34. The summed E-state index contributed by atoms with van der Waals surface area (Å²) >= 11 is 12.7. The fourth-order valence-corrected chi connectivity index (χ4v) is 3.74. The van der Waals surface area contributed by atoms with Gasteiger partial charge in [-0.2, -0.15) is 0 Å². The van der Waals surface area contributed by atoms with Gasteiger partial charge >= 0.3 is 0 Å². The standard InChI is InChI=1S/C22H15Cl2NO2/c1-27-15-11-9-14(10-12-15)13-17-16-5-2-3-8-20(16)25(22(17)26)21-18(23)6-4-7-19(21)24/h2-13H,1H3/b17-13-. The van der Waals surface area contributed by atoms with Crippen LogP contribution in [0.3, 0.4) is 0 Å². The molecule has 1 amide bonds. The maximum absolute atomic E-state index is 13.3.